The normalized spacial score (nSPS) is 17.9. The molecule has 4 nitrogen and oxygen atoms in total. The number of rotatable bonds is 3. The van der Waals surface area contributed by atoms with E-state index in [0.717, 1.165) is 17.6 Å². The molecule has 17 heavy (non-hydrogen) atoms. The molecule has 0 atom stereocenters. The molecule has 1 aromatic carbocycles. The van der Waals surface area contributed by atoms with Crippen LogP contribution in [-0.4, -0.2) is 11.5 Å². The van der Waals surface area contributed by atoms with Crippen LogP contribution in [0.3, 0.4) is 0 Å². The van der Waals surface area contributed by atoms with Crippen molar-refractivity contribution in [3.05, 3.63) is 18.2 Å². The monoisotopic (exact) mass is 231 g/mol. The average molecular weight is 231 g/mol. The second-order valence-electron chi connectivity index (χ2n) is 5.23. The first-order chi connectivity index (χ1) is 8.16. The fourth-order valence-electron chi connectivity index (χ4n) is 2.29. The topological polar surface area (TPSA) is 64.1 Å². The van der Waals surface area contributed by atoms with E-state index in [-0.39, 0.29) is 0 Å². The molecule has 0 spiro atoms. The van der Waals surface area contributed by atoms with Crippen molar-refractivity contribution in [2.75, 3.05) is 17.6 Å². The third kappa shape index (κ3) is 1.84. The lowest BCUT2D eigenvalue weighted by molar-refractivity contribution is 0.179. The van der Waals surface area contributed by atoms with Crippen molar-refractivity contribution in [1.29, 1.82) is 0 Å². The number of nitrogens with one attached hydrogen (secondary N) is 1. The van der Waals surface area contributed by atoms with Crippen molar-refractivity contribution < 1.29 is 4.42 Å². The van der Waals surface area contributed by atoms with Gasteiger partial charge in [-0.05, 0) is 30.4 Å². The minimum absolute atomic E-state index is 0.409. The van der Waals surface area contributed by atoms with Gasteiger partial charge < -0.3 is 15.5 Å². The van der Waals surface area contributed by atoms with Crippen molar-refractivity contribution in [2.24, 2.45) is 5.41 Å². The smallest absolute Gasteiger partial charge is 0.295 e. The number of oxazole rings is 1. The highest BCUT2D eigenvalue weighted by Crippen LogP contribution is 2.40. The van der Waals surface area contributed by atoms with E-state index in [1.807, 2.05) is 18.2 Å². The van der Waals surface area contributed by atoms with Gasteiger partial charge in [-0.15, -0.1) is 0 Å². The largest absolute Gasteiger partial charge is 0.423 e. The predicted molar refractivity (Wildman–Crippen MR) is 68.9 cm³/mol. The van der Waals surface area contributed by atoms with Crippen LogP contribution in [0.4, 0.5) is 11.7 Å². The Balaban J connectivity index is 1.79. The molecule has 0 aliphatic heterocycles. The van der Waals surface area contributed by atoms with Gasteiger partial charge in [-0.25, -0.2) is 0 Å². The minimum atomic E-state index is 0.409. The van der Waals surface area contributed by atoms with Gasteiger partial charge in [-0.2, -0.15) is 4.98 Å². The zero-order valence-electron chi connectivity index (χ0n) is 9.99. The molecule has 1 heterocycles. The van der Waals surface area contributed by atoms with Crippen LogP contribution in [0, 0.1) is 5.41 Å². The van der Waals surface area contributed by atoms with Gasteiger partial charge in [0.25, 0.3) is 6.01 Å². The number of nitrogens with zero attached hydrogens (tertiary/aromatic N) is 1. The van der Waals surface area contributed by atoms with Crippen LogP contribution in [0.1, 0.15) is 26.2 Å². The Kier molecular flexibility index (Phi) is 2.24. The maximum atomic E-state index is 5.84. The number of anilines is 2. The number of para-hydroxylation sites is 1. The van der Waals surface area contributed by atoms with Gasteiger partial charge in [-0.3, -0.25) is 0 Å². The summed E-state index contributed by atoms with van der Waals surface area (Å²) in [5, 5.41) is 3.27. The molecule has 0 amide bonds. The van der Waals surface area contributed by atoms with Crippen molar-refractivity contribution in [1.82, 2.24) is 4.98 Å². The van der Waals surface area contributed by atoms with E-state index in [9.17, 15) is 0 Å². The maximum Gasteiger partial charge on any atom is 0.295 e. The summed E-state index contributed by atoms with van der Waals surface area (Å²) in [7, 11) is 0. The predicted octanol–water partition coefficient (Wildman–Crippen LogP) is 3.01. The molecular weight excluding hydrogens is 214 g/mol. The highest BCUT2D eigenvalue weighted by Gasteiger charge is 2.31. The molecule has 1 aliphatic rings. The van der Waals surface area contributed by atoms with Gasteiger partial charge in [-0.1, -0.05) is 19.4 Å². The molecule has 1 aliphatic carbocycles. The molecule has 90 valence electrons. The fourth-order valence-corrected chi connectivity index (χ4v) is 2.29. The Morgan fingerprint density at radius 3 is 2.94 bits per heavy atom. The molecule has 3 N–H and O–H groups in total. The van der Waals surface area contributed by atoms with E-state index in [0.29, 0.717) is 17.1 Å². The molecule has 0 bridgehead atoms. The molecular formula is C13H17N3O. The lowest BCUT2D eigenvalue weighted by Gasteiger charge is -2.38. The number of hydrogen-bond donors (Lipinski definition) is 2. The Hall–Kier alpha value is -1.71. The van der Waals surface area contributed by atoms with Gasteiger partial charge in [0, 0.05) is 6.54 Å². The van der Waals surface area contributed by atoms with Gasteiger partial charge in [0.05, 0.1) is 5.69 Å². The van der Waals surface area contributed by atoms with Crippen LogP contribution in [0.2, 0.25) is 0 Å². The molecule has 0 unspecified atom stereocenters. The standard InChI is InChI=1S/C13H17N3O/c1-13(6-3-7-13)8-15-12-16-11-9(14)4-2-5-10(11)17-12/h2,4-5H,3,6-8,14H2,1H3,(H,15,16). The molecule has 3 rings (SSSR count). The molecule has 0 saturated heterocycles. The quantitative estimate of drug-likeness (QED) is 0.797. The Labute approximate surface area is 100 Å². The van der Waals surface area contributed by atoms with Crippen molar-refractivity contribution in [3.8, 4) is 0 Å². The first-order valence-electron chi connectivity index (χ1n) is 6.05. The number of fused-ring (bicyclic) bond motifs is 1. The van der Waals surface area contributed by atoms with E-state index in [1.54, 1.807) is 0 Å². The molecule has 1 saturated carbocycles. The summed E-state index contributed by atoms with van der Waals surface area (Å²) in [6.45, 7) is 3.21. The zero-order valence-corrected chi connectivity index (χ0v) is 9.99. The van der Waals surface area contributed by atoms with Crippen LogP contribution >= 0.6 is 0 Å². The first kappa shape index (κ1) is 10.4. The van der Waals surface area contributed by atoms with Crippen molar-refractivity contribution >= 4 is 22.8 Å². The van der Waals surface area contributed by atoms with E-state index in [4.69, 9.17) is 10.2 Å². The Bertz CT molecular complexity index is 543. The summed E-state index contributed by atoms with van der Waals surface area (Å²) in [6.07, 6.45) is 3.89. The summed E-state index contributed by atoms with van der Waals surface area (Å²) >= 11 is 0. The summed E-state index contributed by atoms with van der Waals surface area (Å²) < 4.78 is 5.61. The van der Waals surface area contributed by atoms with Crippen LogP contribution in [0.15, 0.2) is 22.6 Å². The molecule has 4 heteroatoms. The number of nitrogen functional groups attached to an aromatic ring is 1. The van der Waals surface area contributed by atoms with Crippen LogP contribution in [0.5, 0.6) is 0 Å². The summed E-state index contributed by atoms with van der Waals surface area (Å²) in [5.74, 6) is 0. The highest BCUT2D eigenvalue weighted by molar-refractivity contribution is 5.86. The number of benzene rings is 1. The van der Waals surface area contributed by atoms with Gasteiger partial charge in [0.1, 0.15) is 5.52 Å². The van der Waals surface area contributed by atoms with Crippen molar-refractivity contribution in [3.63, 3.8) is 0 Å². The van der Waals surface area contributed by atoms with Gasteiger partial charge >= 0.3 is 0 Å². The van der Waals surface area contributed by atoms with Crippen LogP contribution < -0.4 is 11.1 Å². The van der Waals surface area contributed by atoms with Crippen molar-refractivity contribution in [2.45, 2.75) is 26.2 Å². The van der Waals surface area contributed by atoms with Gasteiger partial charge in [0.15, 0.2) is 5.58 Å². The van der Waals surface area contributed by atoms with Crippen LogP contribution in [-0.2, 0) is 0 Å². The van der Waals surface area contributed by atoms with Crippen LogP contribution in [0.25, 0.3) is 11.1 Å². The number of aromatic nitrogens is 1. The number of hydrogen-bond acceptors (Lipinski definition) is 4. The Morgan fingerprint density at radius 2 is 2.29 bits per heavy atom. The lowest BCUT2D eigenvalue weighted by Crippen LogP contribution is -2.33. The second kappa shape index (κ2) is 3.65. The van der Waals surface area contributed by atoms with E-state index in [2.05, 4.69) is 17.2 Å². The molecule has 2 aromatic rings. The molecule has 1 aromatic heterocycles. The number of nitrogens with two attached hydrogens (primary N) is 1. The molecule has 1 fully saturated rings. The third-order valence-electron chi connectivity index (χ3n) is 3.68. The zero-order chi connectivity index (χ0) is 11.9. The minimum Gasteiger partial charge on any atom is -0.423 e. The Morgan fingerprint density at radius 1 is 1.47 bits per heavy atom. The second-order valence-corrected chi connectivity index (χ2v) is 5.23. The third-order valence-corrected chi connectivity index (χ3v) is 3.68. The van der Waals surface area contributed by atoms with E-state index < -0.39 is 0 Å². The maximum absolute atomic E-state index is 5.84. The fraction of sp³-hybridized carbons (Fsp3) is 0.462. The van der Waals surface area contributed by atoms with E-state index >= 15 is 0 Å². The summed E-state index contributed by atoms with van der Waals surface area (Å²) in [5.41, 5.74) is 8.39. The lowest BCUT2D eigenvalue weighted by atomic mass is 9.70. The highest BCUT2D eigenvalue weighted by atomic mass is 16.4. The van der Waals surface area contributed by atoms with Gasteiger partial charge in [0.2, 0.25) is 0 Å². The SMILES string of the molecule is CC1(CNc2nc3c(N)cccc3o2)CCC1. The average Bonchev–Trinajstić information content (AvgIpc) is 2.68. The molecule has 0 radical (unpaired) electrons. The summed E-state index contributed by atoms with van der Waals surface area (Å²) in [6, 6.07) is 6.17. The van der Waals surface area contributed by atoms with E-state index in [1.165, 1.54) is 19.3 Å². The first-order valence-corrected chi connectivity index (χ1v) is 6.05. The summed E-state index contributed by atoms with van der Waals surface area (Å²) in [4.78, 5) is 4.37.